The lowest BCUT2D eigenvalue weighted by Crippen LogP contribution is -2.56. The van der Waals surface area contributed by atoms with E-state index < -0.39 is 59.0 Å². The highest BCUT2D eigenvalue weighted by Crippen LogP contribution is 2.39. The number of methoxy groups -OCH3 is 1. The summed E-state index contributed by atoms with van der Waals surface area (Å²) in [5.74, 6) is -1.71. The minimum Gasteiger partial charge on any atom is -0.459 e. The number of aliphatic hydroxyl groups is 2. The topological polar surface area (TPSA) is 126 Å². The fourth-order valence-electron chi connectivity index (χ4n) is 5.33. The summed E-state index contributed by atoms with van der Waals surface area (Å²) >= 11 is 0. The second-order valence-electron chi connectivity index (χ2n) is 9.97. The maximum Gasteiger partial charge on any atom is 0.316 e. The van der Waals surface area contributed by atoms with Crippen LogP contribution in [0, 0.1) is 41.9 Å². The van der Waals surface area contributed by atoms with Crippen LogP contribution in [0.2, 0.25) is 0 Å². The summed E-state index contributed by atoms with van der Waals surface area (Å²) < 4.78 is 11.4. The molecule has 1 rings (SSSR count). The van der Waals surface area contributed by atoms with Gasteiger partial charge in [-0.25, -0.2) is 0 Å². The van der Waals surface area contributed by atoms with Gasteiger partial charge in [0.1, 0.15) is 29.0 Å². The van der Waals surface area contributed by atoms with Crippen LogP contribution >= 0.6 is 0 Å². The van der Waals surface area contributed by atoms with Crippen molar-refractivity contribution in [3.05, 3.63) is 0 Å². The van der Waals surface area contributed by atoms with E-state index >= 15 is 0 Å². The molecule has 0 amide bonds. The first-order valence-corrected chi connectivity index (χ1v) is 12.2. The van der Waals surface area contributed by atoms with Crippen LogP contribution in [-0.4, -0.2) is 63.4 Å². The molecule has 8 nitrogen and oxygen atoms in total. The molecule has 0 unspecified atom stereocenters. The van der Waals surface area contributed by atoms with Gasteiger partial charge >= 0.3 is 5.97 Å². The molecule has 3 N–H and O–H groups in total. The van der Waals surface area contributed by atoms with E-state index in [4.69, 9.17) is 15.9 Å². The van der Waals surface area contributed by atoms with Crippen molar-refractivity contribution >= 4 is 17.5 Å². The Labute approximate surface area is 204 Å². The summed E-state index contributed by atoms with van der Waals surface area (Å²) in [6, 6.07) is 0. The largest absolute Gasteiger partial charge is 0.459 e. The van der Waals surface area contributed by atoms with Gasteiger partial charge in [0.2, 0.25) is 0 Å². The lowest BCUT2D eigenvalue weighted by molar-refractivity contribution is -0.186. The van der Waals surface area contributed by atoms with Crippen molar-refractivity contribution < 1.29 is 34.5 Å². The zero-order valence-corrected chi connectivity index (χ0v) is 21.9. The predicted molar refractivity (Wildman–Crippen MR) is 129 cm³/mol. The molecule has 1 heterocycles. The fourth-order valence-corrected chi connectivity index (χ4v) is 5.33. The van der Waals surface area contributed by atoms with Gasteiger partial charge in [-0.2, -0.15) is 0 Å². The van der Waals surface area contributed by atoms with Crippen LogP contribution in [0.5, 0.6) is 0 Å². The molecule has 0 aliphatic carbocycles. The number of aliphatic hydroxyl groups excluding tert-OH is 1. The Morgan fingerprint density at radius 3 is 2.26 bits per heavy atom. The molecule has 0 aromatic rings. The Balaban J connectivity index is 3.74. The van der Waals surface area contributed by atoms with Crippen LogP contribution in [0.15, 0.2) is 5.16 Å². The number of oxime groups is 1. The number of carbonyl (C=O) groups excluding carboxylic acids is 2. The molecule has 0 spiro atoms. The van der Waals surface area contributed by atoms with E-state index in [1.54, 1.807) is 20.8 Å². The number of esters is 1. The van der Waals surface area contributed by atoms with Gasteiger partial charge in [0.25, 0.3) is 0 Å². The summed E-state index contributed by atoms with van der Waals surface area (Å²) in [5.41, 5.74) is -2.84. The SMILES string of the molecule is C#C[C@@]1(OC)C[C@@H](C)/C(=N\O)[C@H](C)[C@@H](O)[C@](C)(O)[C@@H](CC)OC(=O)[C@H](C)C(=O)[C@H](CCC)[C@H]1C. The maximum absolute atomic E-state index is 13.5. The number of terminal acetylenes is 1. The third-order valence-electron chi connectivity index (χ3n) is 7.74. The molecular formula is C26H43NO7. The third-order valence-corrected chi connectivity index (χ3v) is 7.74. The molecule has 0 aromatic carbocycles. The molecule has 9 atom stereocenters. The molecule has 8 heteroatoms. The highest BCUT2D eigenvalue weighted by atomic mass is 16.6. The van der Waals surface area contributed by atoms with Crippen molar-refractivity contribution in [3.8, 4) is 12.3 Å². The summed E-state index contributed by atoms with van der Waals surface area (Å²) in [4.78, 5) is 26.5. The first kappa shape index (κ1) is 30.1. The molecule has 0 bridgehead atoms. The molecule has 1 aliphatic heterocycles. The number of ketones is 1. The zero-order valence-electron chi connectivity index (χ0n) is 21.9. The molecule has 194 valence electrons. The summed E-state index contributed by atoms with van der Waals surface area (Å²) in [6.07, 6.45) is 5.08. The number of Topliss-reactive ketones (excluding diaryl/α,β-unsaturated/α-hetero) is 1. The number of ether oxygens (including phenoxy) is 2. The van der Waals surface area contributed by atoms with Gasteiger partial charge in [0.15, 0.2) is 0 Å². The van der Waals surface area contributed by atoms with Gasteiger partial charge in [-0.3, -0.25) is 9.59 Å². The molecule has 1 saturated heterocycles. The van der Waals surface area contributed by atoms with E-state index in [2.05, 4.69) is 11.1 Å². The lowest BCUT2D eigenvalue weighted by atomic mass is 9.69. The van der Waals surface area contributed by atoms with Gasteiger partial charge in [-0.05, 0) is 33.1 Å². The Hall–Kier alpha value is -1.95. The normalized spacial score (nSPS) is 42.0. The molecule has 0 aromatic heterocycles. The van der Waals surface area contributed by atoms with Crippen molar-refractivity contribution in [1.29, 1.82) is 0 Å². The maximum atomic E-state index is 13.5. The Morgan fingerprint density at radius 1 is 1.24 bits per heavy atom. The van der Waals surface area contributed by atoms with Crippen LogP contribution in [0.3, 0.4) is 0 Å². The van der Waals surface area contributed by atoms with Gasteiger partial charge in [0.05, 0.1) is 11.8 Å². The first-order chi connectivity index (χ1) is 15.8. The number of carbonyl (C=O) groups is 2. The van der Waals surface area contributed by atoms with Gasteiger partial charge in [0, 0.05) is 30.8 Å². The summed E-state index contributed by atoms with van der Waals surface area (Å²) in [5, 5.41) is 35.6. The highest BCUT2D eigenvalue weighted by molar-refractivity contribution is 6.00. The molecule has 1 fully saturated rings. The molecular weight excluding hydrogens is 438 g/mol. The van der Waals surface area contributed by atoms with Crippen LogP contribution in [0.4, 0.5) is 0 Å². The van der Waals surface area contributed by atoms with E-state index in [-0.39, 0.29) is 24.3 Å². The number of rotatable bonds is 4. The van der Waals surface area contributed by atoms with Crippen LogP contribution in [0.25, 0.3) is 0 Å². The average molecular weight is 482 g/mol. The molecule has 0 saturated carbocycles. The Bertz CT molecular complexity index is 787. The second-order valence-corrected chi connectivity index (χ2v) is 9.97. The van der Waals surface area contributed by atoms with E-state index in [0.717, 1.165) is 0 Å². The minimum absolute atomic E-state index is 0.212. The quantitative estimate of drug-likeness (QED) is 0.185. The monoisotopic (exact) mass is 481 g/mol. The Kier molecular flexibility index (Phi) is 10.7. The van der Waals surface area contributed by atoms with Crippen molar-refractivity contribution in [2.45, 2.75) is 97.6 Å². The van der Waals surface area contributed by atoms with E-state index in [9.17, 15) is 25.0 Å². The smallest absolute Gasteiger partial charge is 0.316 e. The van der Waals surface area contributed by atoms with Crippen molar-refractivity contribution in [2.75, 3.05) is 7.11 Å². The molecule has 0 radical (unpaired) electrons. The van der Waals surface area contributed by atoms with Crippen LogP contribution in [0.1, 0.15) is 74.1 Å². The summed E-state index contributed by atoms with van der Waals surface area (Å²) in [7, 11) is 1.47. The number of cyclic esters (lactones) is 1. The van der Waals surface area contributed by atoms with E-state index in [1.165, 1.54) is 21.0 Å². The van der Waals surface area contributed by atoms with Crippen molar-refractivity contribution in [2.24, 2.45) is 34.7 Å². The van der Waals surface area contributed by atoms with Crippen molar-refractivity contribution in [3.63, 3.8) is 0 Å². The number of hydrogen-bond acceptors (Lipinski definition) is 8. The van der Waals surface area contributed by atoms with Gasteiger partial charge in [-0.1, -0.05) is 52.1 Å². The standard InChI is InChI=1S/C26H43NO7/c1-10-13-19-18(7)26(12-3,33-9)14-15(4)21(27-32)16(5)23(29)25(8,31)20(11-2)34-24(30)17(6)22(19)28/h3,15-20,23,29,31-32H,10-11,13-14H2,1-2,4-9H3/b27-21+/t15-,16+,17-,18-,19-,20-,23-,25-,26-/m1/s1. The first-order valence-electron chi connectivity index (χ1n) is 12.2. The Morgan fingerprint density at radius 2 is 1.82 bits per heavy atom. The minimum atomic E-state index is -1.87. The summed E-state index contributed by atoms with van der Waals surface area (Å²) in [6.45, 7) is 11.8. The zero-order chi connectivity index (χ0) is 26.4. The molecule has 1 aliphatic rings. The number of nitrogens with zero attached hydrogens (tertiary/aromatic N) is 1. The lowest BCUT2D eigenvalue weighted by Gasteiger charge is -2.42. The second kappa shape index (κ2) is 12.1. The predicted octanol–water partition coefficient (Wildman–Crippen LogP) is 3.20. The third kappa shape index (κ3) is 5.81. The van der Waals surface area contributed by atoms with E-state index in [1.807, 2.05) is 13.8 Å². The van der Waals surface area contributed by atoms with Crippen molar-refractivity contribution in [1.82, 2.24) is 0 Å². The highest BCUT2D eigenvalue weighted by Gasteiger charge is 2.49. The average Bonchev–Trinajstić information content (AvgIpc) is 2.81. The van der Waals surface area contributed by atoms with E-state index in [0.29, 0.717) is 12.8 Å². The fraction of sp³-hybridized carbons (Fsp3) is 0.808. The van der Waals surface area contributed by atoms with Crippen LogP contribution < -0.4 is 0 Å². The number of hydrogen-bond donors (Lipinski definition) is 3. The molecule has 34 heavy (non-hydrogen) atoms. The van der Waals surface area contributed by atoms with Gasteiger partial charge < -0.3 is 24.9 Å². The van der Waals surface area contributed by atoms with Gasteiger partial charge in [-0.15, -0.1) is 6.42 Å². The van der Waals surface area contributed by atoms with Crippen LogP contribution in [-0.2, 0) is 19.1 Å².